The van der Waals surface area contributed by atoms with Crippen molar-refractivity contribution in [2.75, 3.05) is 6.61 Å². The number of carbonyl (C=O) groups excluding carboxylic acids is 1. The van der Waals surface area contributed by atoms with Crippen molar-refractivity contribution in [1.82, 2.24) is 5.48 Å². The summed E-state index contributed by atoms with van der Waals surface area (Å²) in [6.07, 6.45) is -5.10. The van der Waals surface area contributed by atoms with E-state index in [-0.39, 0.29) is 0 Å². The molecule has 0 saturated carbocycles. The molecule has 0 saturated heterocycles. The molecule has 0 fully saturated rings. The monoisotopic (exact) mass is 277 g/mol. The Balaban J connectivity index is 2.44. The number of halogens is 3. The van der Waals surface area contributed by atoms with Gasteiger partial charge < -0.3 is 4.74 Å². The molecule has 0 aliphatic rings. The molecule has 0 spiro atoms. The highest BCUT2D eigenvalue weighted by Gasteiger charge is 2.29. The lowest BCUT2D eigenvalue weighted by Crippen LogP contribution is -2.39. The number of hydrogen-bond acceptors (Lipinski definition) is 3. The largest absolute Gasteiger partial charge is 0.481 e. The van der Waals surface area contributed by atoms with Crippen LogP contribution in [-0.2, 0) is 9.63 Å². The smallest absolute Gasteiger partial charge is 0.414 e. The van der Waals surface area contributed by atoms with Crippen LogP contribution in [0.4, 0.5) is 13.2 Å². The second kappa shape index (κ2) is 6.98. The molecule has 1 aromatic rings. The predicted octanol–water partition coefficient (Wildman–Crippen LogP) is 2.45. The maximum absolute atomic E-state index is 11.8. The summed E-state index contributed by atoms with van der Waals surface area (Å²) in [4.78, 5) is 15.6. The quantitative estimate of drug-likeness (QED) is 0.812. The van der Waals surface area contributed by atoms with Gasteiger partial charge in [-0.2, -0.15) is 13.2 Å². The van der Waals surface area contributed by atoms with E-state index in [1.165, 1.54) is 0 Å². The van der Waals surface area contributed by atoms with Crippen molar-refractivity contribution in [1.29, 1.82) is 0 Å². The molecule has 0 radical (unpaired) electrons. The average Bonchev–Trinajstić information content (AvgIpc) is 2.35. The second-order valence-electron chi connectivity index (χ2n) is 3.70. The van der Waals surface area contributed by atoms with Gasteiger partial charge in [0.15, 0.2) is 12.7 Å². The molecule has 0 aliphatic carbocycles. The minimum absolute atomic E-state index is 0.302. The Morgan fingerprint density at radius 3 is 2.47 bits per heavy atom. The molecular weight excluding hydrogens is 263 g/mol. The maximum atomic E-state index is 11.8. The third-order valence-electron chi connectivity index (χ3n) is 2.09. The minimum atomic E-state index is -4.49. The molecule has 19 heavy (non-hydrogen) atoms. The van der Waals surface area contributed by atoms with Crippen molar-refractivity contribution in [3.05, 3.63) is 30.3 Å². The van der Waals surface area contributed by atoms with Gasteiger partial charge in [0.1, 0.15) is 5.75 Å². The highest BCUT2D eigenvalue weighted by molar-refractivity contribution is 5.80. The van der Waals surface area contributed by atoms with Gasteiger partial charge in [0.2, 0.25) is 0 Å². The summed E-state index contributed by atoms with van der Waals surface area (Å²) in [5, 5.41) is 0. The van der Waals surface area contributed by atoms with Crippen molar-refractivity contribution in [2.45, 2.75) is 25.6 Å². The summed E-state index contributed by atoms with van der Waals surface area (Å²) < 4.78 is 40.8. The number of nitrogens with one attached hydrogen (secondary N) is 1. The van der Waals surface area contributed by atoms with Gasteiger partial charge in [-0.15, -0.1) is 0 Å². The Morgan fingerprint density at radius 2 is 1.95 bits per heavy atom. The van der Waals surface area contributed by atoms with Crippen LogP contribution >= 0.6 is 0 Å². The van der Waals surface area contributed by atoms with Gasteiger partial charge >= 0.3 is 6.18 Å². The molecule has 0 aromatic heterocycles. The lowest BCUT2D eigenvalue weighted by Gasteiger charge is -2.17. The number of alkyl halides is 3. The van der Waals surface area contributed by atoms with Crippen LogP contribution in [0, 0.1) is 0 Å². The van der Waals surface area contributed by atoms with Crippen molar-refractivity contribution >= 4 is 5.91 Å². The Kier molecular flexibility index (Phi) is 5.62. The van der Waals surface area contributed by atoms with Crippen LogP contribution in [0.5, 0.6) is 5.75 Å². The normalized spacial score (nSPS) is 12.8. The zero-order valence-corrected chi connectivity index (χ0v) is 10.2. The lowest BCUT2D eigenvalue weighted by molar-refractivity contribution is -0.193. The number of hydroxylamine groups is 1. The van der Waals surface area contributed by atoms with Gasteiger partial charge in [0, 0.05) is 0 Å². The summed E-state index contributed by atoms with van der Waals surface area (Å²) in [7, 11) is 0. The summed E-state index contributed by atoms with van der Waals surface area (Å²) in [5.74, 6) is -0.295. The van der Waals surface area contributed by atoms with Crippen LogP contribution in [0.25, 0.3) is 0 Å². The van der Waals surface area contributed by atoms with Crippen LogP contribution in [0.3, 0.4) is 0 Å². The molecule has 1 aromatic carbocycles. The summed E-state index contributed by atoms with van der Waals surface area (Å²) in [6.45, 7) is 0.136. The average molecular weight is 277 g/mol. The second-order valence-corrected chi connectivity index (χ2v) is 3.70. The van der Waals surface area contributed by atoms with Crippen LogP contribution < -0.4 is 10.2 Å². The van der Waals surface area contributed by atoms with Crippen LogP contribution in [0.1, 0.15) is 13.3 Å². The van der Waals surface area contributed by atoms with Crippen molar-refractivity contribution in [3.8, 4) is 5.75 Å². The first kappa shape index (κ1) is 15.3. The van der Waals surface area contributed by atoms with Gasteiger partial charge in [0.25, 0.3) is 5.91 Å². The first-order chi connectivity index (χ1) is 8.92. The van der Waals surface area contributed by atoms with Crippen LogP contribution in [0.15, 0.2) is 30.3 Å². The molecule has 0 heterocycles. The van der Waals surface area contributed by atoms with E-state index in [4.69, 9.17) is 4.74 Å². The zero-order chi connectivity index (χ0) is 14.3. The van der Waals surface area contributed by atoms with E-state index < -0.39 is 24.8 Å². The molecule has 106 valence electrons. The Bertz CT molecular complexity index is 395. The van der Waals surface area contributed by atoms with E-state index in [0.29, 0.717) is 12.2 Å². The van der Waals surface area contributed by atoms with Gasteiger partial charge in [-0.25, -0.2) is 5.48 Å². The standard InChI is InChI=1S/C12H14F3NO3/c1-2-10(19-9-6-4-3-5-7-9)11(17)16-18-8-12(13,14)15/h3-7,10H,2,8H2,1H3,(H,16,17). The summed E-state index contributed by atoms with van der Waals surface area (Å²) in [5.41, 5.74) is 1.73. The van der Waals surface area contributed by atoms with Crippen LogP contribution in [0.2, 0.25) is 0 Å². The fraction of sp³-hybridized carbons (Fsp3) is 0.417. The third-order valence-corrected chi connectivity index (χ3v) is 2.09. The number of carbonyl (C=O) groups is 1. The van der Waals surface area contributed by atoms with Crippen molar-refractivity contribution in [3.63, 3.8) is 0 Å². The van der Waals surface area contributed by atoms with Gasteiger partial charge in [-0.3, -0.25) is 9.63 Å². The Morgan fingerprint density at radius 1 is 1.32 bits per heavy atom. The first-order valence-corrected chi connectivity index (χ1v) is 5.62. The van der Waals surface area contributed by atoms with Gasteiger partial charge in [0.05, 0.1) is 0 Å². The zero-order valence-electron chi connectivity index (χ0n) is 10.2. The van der Waals surface area contributed by atoms with Gasteiger partial charge in [-0.05, 0) is 18.6 Å². The molecule has 4 nitrogen and oxygen atoms in total. The number of hydrogen-bond donors (Lipinski definition) is 1. The van der Waals surface area contributed by atoms with Crippen LogP contribution in [-0.4, -0.2) is 24.8 Å². The molecule has 1 unspecified atom stereocenters. The molecule has 1 N–H and O–H groups in total. The molecule has 7 heteroatoms. The maximum Gasteiger partial charge on any atom is 0.414 e. The lowest BCUT2D eigenvalue weighted by atomic mass is 10.2. The first-order valence-electron chi connectivity index (χ1n) is 5.62. The van der Waals surface area contributed by atoms with Crippen molar-refractivity contribution in [2.24, 2.45) is 0 Å². The van der Waals surface area contributed by atoms with E-state index in [9.17, 15) is 18.0 Å². The molecule has 1 atom stereocenters. The van der Waals surface area contributed by atoms with E-state index in [2.05, 4.69) is 4.84 Å². The SMILES string of the molecule is CCC(Oc1ccccc1)C(=O)NOCC(F)(F)F. The van der Waals surface area contributed by atoms with E-state index in [0.717, 1.165) is 0 Å². The molecule has 0 aliphatic heterocycles. The Labute approximate surface area is 108 Å². The summed E-state index contributed by atoms with van der Waals surface area (Å²) in [6, 6.07) is 8.51. The molecule has 0 bridgehead atoms. The van der Waals surface area contributed by atoms with Crippen molar-refractivity contribution < 1.29 is 27.5 Å². The number of ether oxygens (including phenoxy) is 1. The summed E-state index contributed by atoms with van der Waals surface area (Å²) >= 11 is 0. The fourth-order valence-corrected chi connectivity index (χ4v) is 1.24. The fourth-order valence-electron chi connectivity index (χ4n) is 1.24. The van der Waals surface area contributed by atoms with E-state index in [1.807, 2.05) is 0 Å². The minimum Gasteiger partial charge on any atom is -0.481 e. The Hall–Kier alpha value is -1.76. The highest BCUT2D eigenvalue weighted by Crippen LogP contribution is 2.14. The number of benzene rings is 1. The third kappa shape index (κ3) is 6.10. The number of para-hydroxylation sites is 1. The predicted molar refractivity (Wildman–Crippen MR) is 61.3 cm³/mol. The topological polar surface area (TPSA) is 47.6 Å². The van der Waals surface area contributed by atoms with E-state index >= 15 is 0 Å². The molecule has 1 amide bonds. The van der Waals surface area contributed by atoms with Gasteiger partial charge in [-0.1, -0.05) is 25.1 Å². The number of rotatable bonds is 6. The highest BCUT2D eigenvalue weighted by atomic mass is 19.4. The van der Waals surface area contributed by atoms with E-state index in [1.54, 1.807) is 42.7 Å². The number of amides is 1. The molecular formula is C12H14F3NO3. The molecule has 1 rings (SSSR count).